The van der Waals surface area contributed by atoms with E-state index in [1.807, 2.05) is 43.3 Å². The standard InChI is InChI=1S/C15H21N3O3/c1-18(2)13-5-3-4-11(9-13)16-15(21)17-12-7-6-10(8-12)14(19)20/h3-5,9-10,12H,6-8H2,1-2H3,(H,19,20)(H2,16,17,21). The number of amides is 2. The van der Waals surface area contributed by atoms with Crippen LogP contribution in [-0.2, 0) is 4.79 Å². The van der Waals surface area contributed by atoms with Crippen LogP contribution in [-0.4, -0.2) is 37.2 Å². The Hall–Kier alpha value is -2.24. The molecule has 1 aliphatic carbocycles. The van der Waals surface area contributed by atoms with E-state index >= 15 is 0 Å². The van der Waals surface area contributed by atoms with Gasteiger partial charge in [-0.15, -0.1) is 0 Å². The number of nitrogens with zero attached hydrogens (tertiary/aromatic N) is 1. The normalized spacial score (nSPS) is 20.9. The number of carbonyl (C=O) groups excluding carboxylic acids is 1. The molecule has 0 aliphatic heterocycles. The molecule has 1 aliphatic rings. The third kappa shape index (κ3) is 4.11. The van der Waals surface area contributed by atoms with Gasteiger partial charge in [0.1, 0.15) is 0 Å². The molecule has 1 aromatic rings. The molecule has 114 valence electrons. The van der Waals surface area contributed by atoms with Crippen molar-refractivity contribution >= 4 is 23.4 Å². The molecule has 1 aromatic carbocycles. The summed E-state index contributed by atoms with van der Waals surface area (Å²) < 4.78 is 0. The van der Waals surface area contributed by atoms with Gasteiger partial charge in [-0.3, -0.25) is 4.79 Å². The van der Waals surface area contributed by atoms with Gasteiger partial charge in [0, 0.05) is 31.5 Å². The first kappa shape index (κ1) is 15.2. The second-order valence-electron chi connectivity index (χ2n) is 5.59. The molecule has 2 unspecified atom stereocenters. The van der Waals surface area contributed by atoms with Crippen molar-refractivity contribution in [3.8, 4) is 0 Å². The highest BCUT2D eigenvalue weighted by molar-refractivity contribution is 5.90. The summed E-state index contributed by atoms with van der Waals surface area (Å²) in [5, 5.41) is 14.6. The molecule has 1 fully saturated rings. The number of rotatable bonds is 4. The van der Waals surface area contributed by atoms with E-state index in [9.17, 15) is 9.59 Å². The number of hydrogen-bond acceptors (Lipinski definition) is 3. The molecule has 2 atom stereocenters. The molecule has 0 radical (unpaired) electrons. The number of carboxylic acid groups (broad SMARTS) is 1. The van der Waals surface area contributed by atoms with E-state index in [2.05, 4.69) is 10.6 Å². The molecule has 0 spiro atoms. The maximum absolute atomic E-state index is 11.9. The maximum atomic E-state index is 11.9. The Morgan fingerprint density at radius 2 is 2.05 bits per heavy atom. The Labute approximate surface area is 124 Å². The number of aliphatic carboxylic acids is 1. The molecule has 6 nitrogen and oxygen atoms in total. The number of hydrogen-bond donors (Lipinski definition) is 3. The summed E-state index contributed by atoms with van der Waals surface area (Å²) >= 11 is 0. The van der Waals surface area contributed by atoms with E-state index in [1.54, 1.807) is 0 Å². The van der Waals surface area contributed by atoms with Gasteiger partial charge in [-0.1, -0.05) is 6.07 Å². The molecule has 2 amide bonds. The first-order valence-corrected chi connectivity index (χ1v) is 7.03. The van der Waals surface area contributed by atoms with E-state index in [0.29, 0.717) is 24.9 Å². The Kier molecular flexibility index (Phi) is 4.67. The third-order valence-corrected chi connectivity index (χ3v) is 3.74. The minimum absolute atomic E-state index is 0.0665. The fourth-order valence-electron chi connectivity index (χ4n) is 2.55. The van der Waals surface area contributed by atoms with Gasteiger partial charge in [-0.2, -0.15) is 0 Å². The van der Waals surface area contributed by atoms with Gasteiger partial charge in [0.2, 0.25) is 0 Å². The van der Waals surface area contributed by atoms with Crippen LogP contribution in [0.5, 0.6) is 0 Å². The van der Waals surface area contributed by atoms with Crippen molar-refractivity contribution in [2.75, 3.05) is 24.3 Å². The average Bonchev–Trinajstić information content (AvgIpc) is 2.87. The summed E-state index contributed by atoms with van der Waals surface area (Å²) in [6.45, 7) is 0. The first-order valence-electron chi connectivity index (χ1n) is 7.03. The number of carbonyl (C=O) groups is 2. The minimum atomic E-state index is -0.779. The van der Waals surface area contributed by atoms with Gasteiger partial charge < -0.3 is 20.6 Å². The highest BCUT2D eigenvalue weighted by atomic mass is 16.4. The van der Waals surface area contributed by atoms with Crippen LogP contribution >= 0.6 is 0 Å². The quantitative estimate of drug-likeness (QED) is 0.793. The Balaban J connectivity index is 1.88. The lowest BCUT2D eigenvalue weighted by Crippen LogP contribution is -2.36. The van der Waals surface area contributed by atoms with E-state index in [4.69, 9.17) is 5.11 Å². The Morgan fingerprint density at radius 3 is 2.67 bits per heavy atom. The molecular weight excluding hydrogens is 270 g/mol. The van der Waals surface area contributed by atoms with Gasteiger partial charge >= 0.3 is 12.0 Å². The molecule has 0 saturated heterocycles. The van der Waals surface area contributed by atoms with Crippen molar-refractivity contribution in [3.05, 3.63) is 24.3 Å². The molecule has 0 bridgehead atoms. The third-order valence-electron chi connectivity index (χ3n) is 3.74. The minimum Gasteiger partial charge on any atom is -0.481 e. The van der Waals surface area contributed by atoms with Crippen LogP contribution in [0, 0.1) is 5.92 Å². The topological polar surface area (TPSA) is 81.7 Å². The molecular formula is C15H21N3O3. The largest absolute Gasteiger partial charge is 0.481 e. The smallest absolute Gasteiger partial charge is 0.319 e. The van der Waals surface area contributed by atoms with Crippen molar-refractivity contribution in [2.24, 2.45) is 5.92 Å². The SMILES string of the molecule is CN(C)c1cccc(NC(=O)NC2CCC(C(=O)O)C2)c1. The fourth-order valence-corrected chi connectivity index (χ4v) is 2.55. The van der Waals surface area contributed by atoms with Crippen molar-refractivity contribution in [2.45, 2.75) is 25.3 Å². The summed E-state index contributed by atoms with van der Waals surface area (Å²) in [5.74, 6) is -1.12. The van der Waals surface area contributed by atoms with Gasteiger partial charge in [-0.05, 0) is 37.5 Å². The first-order chi connectivity index (χ1) is 9.95. The second kappa shape index (κ2) is 6.47. The van der Waals surface area contributed by atoms with Gasteiger partial charge in [0.15, 0.2) is 0 Å². The van der Waals surface area contributed by atoms with Crippen molar-refractivity contribution < 1.29 is 14.7 Å². The van der Waals surface area contributed by atoms with Crippen LogP contribution in [0.25, 0.3) is 0 Å². The number of urea groups is 1. The number of anilines is 2. The number of benzene rings is 1. The van der Waals surface area contributed by atoms with Crippen LogP contribution in [0.2, 0.25) is 0 Å². The van der Waals surface area contributed by atoms with Crippen molar-refractivity contribution in [3.63, 3.8) is 0 Å². The summed E-state index contributed by atoms with van der Waals surface area (Å²) in [4.78, 5) is 24.8. The Bertz CT molecular complexity index is 531. The predicted octanol–water partition coefficient (Wildman–Crippen LogP) is 2.13. The zero-order valence-corrected chi connectivity index (χ0v) is 12.3. The molecule has 0 aromatic heterocycles. The number of carboxylic acids is 1. The lowest BCUT2D eigenvalue weighted by atomic mass is 10.1. The average molecular weight is 291 g/mol. The summed E-state index contributed by atoms with van der Waals surface area (Å²) in [6, 6.07) is 7.18. The predicted molar refractivity (Wildman–Crippen MR) is 81.7 cm³/mol. The molecule has 0 heterocycles. The van der Waals surface area contributed by atoms with Gasteiger partial charge in [0.25, 0.3) is 0 Å². The van der Waals surface area contributed by atoms with Crippen LogP contribution in [0.4, 0.5) is 16.2 Å². The second-order valence-corrected chi connectivity index (χ2v) is 5.59. The molecule has 1 saturated carbocycles. The van der Waals surface area contributed by atoms with Crippen LogP contribution in [0.15, 0.2) is 24.3 Å². The molecule has 3 N–H and O–H groups in total. The van der Waals surface area contributed by atoms with Crippen LogP contribution in [0.1, 0.15) is 19.3 Å². The van der Waals surface area contributed by atoms with Gasteiger partial charge in [-0.25, -0.2) is 4.79 Å². The Morgan fingerprint density at radius 1 is 1.29 bits per heavy atom. The fraction of sp³-hybridized carbons (Fsp3) is 0.467. The summed E-state index contributed by atoms with van der Waals surface area (Å²) in [6.07, 6.45) is 1.83. The van der Waals surface area contributed by atoms with E-state index in [1.165, 1.54) is 0 Å². The van der Waals surface area contributed by atoms with Crippen molar-refractivity contribution in [1.82, 2.24) is 5.32 Å². The summed E-state index contributed by atoms with van der Waals surface area (Å²) in [5.41, 5.74) is 1.71. The van der Waals surface area contributed by atoms with Crippen molar-refractivity contribution in [1.29, 1.82) is 0 Å². The summed E-state index contributed by atoms with van der Waals surface area (Å²) in [7, 11) is 3.87. The monoisotopic (exact) mass is 291 g/mol. The zero-order chi connectivity index (χ0) is 15.4. The van der Waals surface area contributed by atoms with E-state index in [-0.39, 0.29) is 18.0 Å². The van der Waals surface area contributed by atoms with Crippen LogP contribution < -0.4 is 15.5 Å². The maximum Gasteiger partial charge on any atom is 0.319 e. The zero-order valence-electron chi connectivity index (χ0n) is 12.3. The lowest BCUT2D eigenvalue weighted by Gasteiger charge is -2.16. The molecule has 21 heavy (non-hydrogen) atoms. The van der Waals surface area contributed by atoms with E-state index < -0.39 is 5.97 Å². The van der Waals surface area contributed by atoms with E-state index in [0.717, 1.165) is 5.69 Å². The lowest BCUT2D eigenvalue weighted by molar-refractivity contribution is -0.141. The molecule has 2 rings (SSSR count). The number of nitrogens with one attached hydrogen (secondary N) is 2. The molecule has 6 heteroatoms. The van der Waals surface area contributed by atoms with Crippen LogP contribution in [0.3, 0.4) is 0 Å². The van der Waals surface area contributed by atoms with Gasteiger partial charge in [0.05, 0.1) is 5.92 Å². The highest BCUT2D eigenvalue weighted by Gasteiger charge is 2.30. The highest BCUT2D eigenvalue weighted by Crippen LogP contribution is 2.25.